The van der Waals surface area contributed by atoms with Gasteiger partial charge >= 0.3 is 5.69 Å². The minimum Gasteiger partial charge on any atom is -0.421 e. The maximum atomic E-state index is 13.0. The van der Waals surface area contributed by atoms with Gasteiger partial charge in [0, 0.05) is 5.56 Å². The number of hydrogen-bond donors (Lipinski definition) is 1. The molecule has 0 atom stereocenters. The Morgan fingerprint density at radius 3 is 2.48 bits per heavy atom. The molecule has 1 aromatic carbocycles. The normalized spacial score (nSPS) is 11.3. The van der Waals surface area contributed by atoms with E-state index in [9.17, 15) is 19.2 Å². The number of aromatic nitrogens is 2. The Bertz CT molecular complexity index is 1040. The minimum absolute atomic E-state index is 0.119. The van der Waals surface area contributed by atoms with Crippen molar-refractivity contribution in [3.05, 3.63) is 79.6 Å². The third-order valence-electron chi connectivity index (χ3n) is 4.09. The van der Waals surface area contributed by atoms with Crippen molar-refractivity contribution in [1.82, 2.24) is 9.30 Å². The summed E-state index contributed by atoms with van der Waals surface area (Å²) in [6.07, 6.45) is 0. The van der Waals surface area contributed by atoms with Crippen molar-refractivity contribution in [2.75, 3.05) is 0 Å². The zero-order valence-electron chi connectivity index (χ0n) is 14.9. The van der Waals surface area contributed by atoms with Gasteiger partial charge in [-0.25, -0.2) is 9.18 Å². The van der Waals surface area contributed by atoms with Crippen LogP contribution in [0, 0.1) is 5.82 Å². The average molecular weight is 390 g/mol. The topological polar surface area (TPSA) is 73.5 Å². The third-order valence-corrected chi connectivity index (χ3v) is 4.97. The number of thiophene rings is 1. The van der Waals surface area contributed by atoms with Crippen LogP contribution in [0.2, 0.25) is 0 Å². The van der Waals surface area contributed by atoms with Crippen LogP contribution in [0.4, 0.5) is 4.39 Å². The summed E-state index contributed by atoms with van der Waals surface area (Å²) in [5.74, 6) is -0.555. The van der Waals surface area contributed by atoms with Crippen LogP contribution < -0.4 is 11.2 Å². The van der Waals surface area contributed by atoms with Gasteiger partial charge in [0.25, 0.3) is 5.56 Å². The van der Waals surface area contributed by atoms with Gasteiger partial charge in [-0.1, -0.05) is 36.8 Å². The van der Waals surface area contributed by atoms with E-state index in [1.54, 1.807) is 12.1 Å². The Balaban J connectivity index is 2.01. The van der Waals surface area contributed by atoms with Crippen LogP contribution in [-0.4, -0.2) is 14.5 Å². The van der Waals surface area contributed by atoms with E-state index in [0.29, 0.717) is 11.3 Å². The van der Waals surface area contributed by atoms with Crippen LogP contribution >= 0.6 is 11.3 Å². The standard InChI is InChI=1S/C19H19FN2O4S/c1-12(2)16-17(15-4-3-9-27-15)21(19(24)22(25)18(16)23)11-26-10-13-5-7-14(20)8-6-13/h3-9,12,25H,10-11H2,1-2H3. The molecule has 8 heteroatoms. The molecule has 0 fully saturated rings. The summed E-state index contributed by atoms with van der Waals surface area (Å²) in [6, 6.07) is 9.46. The van der Waals surface area contributed by atoms with Crippen LogP contribution in [0.15, 0.2) is 51.4 Å². The van der Waals surface area contributed by atoms with Gasteiger partial charge in [-0.2, -0.15) is 0 Å². The largest absolute Gasteiger partial charge is 0.421 e. The van der Waals surface area contributed by atoms with Gasteiger partial charge in [0.1, 0.15) is 12.5 Å². The molecule has 0 aliphatic rings. The van der Waals surface area contributed by atoms with Crippen LogP contribution in [0.1, 0.15) is 30.9 Å². The maximum Gasteiger partial charge on any atom is 0.366 e. The molecule has 0 aliphatic heterocycles. The van der Waals surface area contributed by atoms with Crippen molar-refractivity contribution in [2.45, 2.75) is 33.1 Å². The molecule has 0 saturated carbocycles. The molecule has 2 heterocycles. The number of benzene rings is 1. The monoisotopic (exact) mass is 390 g/mol. The van der Waals surface area contributed by atoms with Crippen molar-refractivity contribution < 1.29 is 14.3 Å². The summed E-state index contributed by atoms with van der Waals surface area (Å²) in [7, 11) is 0. The SMILES string of the molecule is CC(C)c1c(-c2cccs2)n(COCc2ccc(F)cc2)c(=O)n(O)c1=O. The van der Waals surface area contributed by atoms with Crippen LogP contribution in [0.25, 0.3) is 10.6 Å². The lowest BCUT2D eigenvalue weighted by atomic mass is 10.0. The summed E-state index contributed by atoms with van der Waals surface area (Å²) in [4.78, 5) is 25.7. The highest BCUT2D eigenvalue weighted by atomic mass is 32.1. The number of ether oxygens (including phenoxy) is 1. The van der Waals surface area contributed by atoms with E-state index < -0.39 is 11.2 Å². The molecule has 1 N–H and O–H groups in total. The van der Waals surface area contributed by atoms with E-state index in [4.69, 9.17) is 4.74 Å². The number of nitrogens with zero attached hydrogens (tertiary/aromatic N) is 2. The maximum absolute atomic E-state index is 13.0. The summed E-state index contributed by atoms with van der Waals surface area (Å²) in [5.41, 5.74) is -0.0760. The van der Waals surface area contributed by atoms with Crippen LogP contribution in [0.3, 0.4) is 0 Å². The molecule has 0 unspecified atom stereocenters. The summed E-state index contributed by atoms with van der Waals surface area (Å²) >= 11 is 1.39. The fraction of sp³-hybridized carbons (Fsp3) is 0.263. The molecular weight excluding hydrogens is 371 g/mol. The first-order valence-electron chi connectivity index (χ1n) is 8.35. The fourth-order valence-electron chi connectivity index (χ4n) is 2.81. The zero-order chi connectivity index (χ0) is 19.6. The van der Waals surface area contributed by atoms with Gasteiger partial charge in [-0.05, 0) is 35.1 Å². The first kappa shape index (κ1) is 19.1. The summed E-state index contributed by atoms with van der Waals surface area (Å²) in [6.45, 7) is 3.63. The molecule has 6 nitrogen and oxygen atoms in total. The molecule has 0 radical (unpaired) electrons. The van der Waals surface area contributed by atoms with E-state index >= 15 is 0 Å². The Morgan fingerprint density at radius 1 is 1.19 bits per heavy atom. The van der Waals surface area contributed by atoms with Gasteiger partial charge in [-0.15, -0.1) is 11.3 Å². The average Bonchev–Trinajstić information content (AvgIpc) is 3.17. The van der Waals surface area contributed by atoms with E-state index in [1.165, 1.54) is 28.0 Å². The van der Waals surface area contributed by atoms with Gasteiger partial charge < -0.3 is 9.94 Å². The lowest BCUT2D eigenvalue weighted by Gasteiger charge is -2.18. The Hall–Kier alpha value is -2.71. The smallest absolute Gasteiger partial charge is 0.366 e. The van der Waals surface area contributed by atoms with E-state index in [2.05, 4.69) is 0 Å². The molecule has 0 bridgehead atoms. The number of rotatable bonds is 6. The lowest BCUT2D eigenvalue weighted by Crippen LogP contribution is -2.42. The second-order valence-electron chi connectivity index (χ2n) is 6.33. The molecule has 3 rings (SSSR count). The Kier molecular flexibility index (Phi) is 5.57. The Morgan fingerprint density at radius 2 is 1.89 bits per heavy atom. The van der Waals surface area contributed by atoms with Crippen molar-refractivity contribution in [3.63, 3.8) is 0 Å². The molecule has 3 aromatic rings. The minimum atomic E-state index is -0.869. The number of hydrogen-bond acceptors (Lipinski definition) is 5. The highest BCUT2D eigenvalue weighted by Crippen LogP contribution is 2.29. The first-order valence-corrected chi connectivity index (χ1v) is 9.23. The van der Waals surface area contributed by atoms with E-state index in [1.807, 2.05) is 31.4 Å². The second-order valence-corrected chi connectivity index (χ2v) is 7.27. The molecule has 142 valence electrons. The highest BCUT2D eigenvalue weighted by Gasteiger charge is 2.23. The fourth-order valence-corrected chi connectivity index (χ4v) is 3.60. The summed E-state index contributed by atoms with van der Waals surface area (Å²) in [5, 5.41) is 11.8. The molecule has 0 aliphatic carbocycles. The second kappa shape index (κ2) is 7.89. The lowest BCUT2D eigenvalue weighted by molar-refractivity contribution is 0.0531. The Labute approximate surface area is 158 Å². The van der Waals surface area contributed by atoms with Crippen molar-refractivity contribution in [2.24, 2.45) is 0 Å². The predicted octanol–water partition coefficient (Wildman–Crippen LogP) is 3.41. The van der Waals surface area contributed by atoms with Crippen molar-refractivity contribution >= 4 is 11.3 Å². The van der Waals surface area contributed by atoms with Gasteiger partial charge in [0.15, 0.2) is 0 Å². The number of halogens is 1. The molecular formula is C19H19FN2O4S. The molecule has 0 amide bonds. The molecule has 27 heavy (non-hydrogen) atoms. The van der Waals surface area contributed by atoms with E-state index in [-0.39, 0.29) is 29.8 Å². The van der Waals surface area contributed by atoms with Crippen LogP contribution in [-0.2, 0) is 18.1 Å². The first-order chi connectivity index (χ1) is 12.9. The third kappa shape index (κ3) is 3.86. The molecule has 2 aromatic heterocycles. The van der Waals surface area contributed by atoms with Gasteiger partial charge in [-0.3, -0.25) is 9.36 Å². The summed E-state index contributed by atoms with van der Waals surface area (Å²) < 4.78 is 20.0. The predicted molar refractivity (Wildman–Crippen MR) is 101 cm³/mol. The van der Waals surface area contributed by atoms with Crippen molar-refractivity contribution in [3.8, 4) is 10.6 Å². The van der Waals surface area contributed by atoms with E-state index in [0.717, 1.165) is 10.4 Å². The van der Waals surface area contributed by atoms with Gasteiger partial charge in [0.05, 0.1) is 17.2 Å². The highest BCUT2D eigenvalue weighted by molar-refractivity contribution is 7.13. The quantitative estimate of drug-likeness (QED) is 0.655. The zero-order valence-corrected chi connectivity index (χ0v) is 15.7. The van der Waals surface area contributed by atoms with Crippen molar-refractivity contribution in [1.29, 1.82) is 0 Å². The van der Waals surface area contributed by atoms with Gasteiger partial charge in [0.2, 0.25) is 0 Å². The molecule has 0 spiro atoms. The van der Waals surface area contributed by atoms with Crippen LogP contribution in [0.5, 0.6) is 0 Å². The molecule has 0 saturated heterocycles.